The molecule has 0 unspecified atom stereocenters. The Labute approximate surface area is 189 Å². The first kappa shape index (κ1) is 21.5. The van der Waals surface area contributed by atoms with Crippen molar-refractivity contribution in [2.75, 3.05) is 16.2 Å². The van der Waals surface area contributed by atoms with Crippen molar-refractivity contribution in [3.05, 3.63) is 76.8 Å². The Morgan fingerprint density at radius 3 is 2.65 bits per heavy atom. The number of hydrogen-bond donors (Lipinski definition) is 1. The van der Waals surface area contributed by atoms with E-state index in [1.165, 1.54) is 39.9 Å². The van der Waals surface area contributed by atoms with Crippen LogP contribution in [0.2, 0.25) is 5.02 Å². The number of nitrogens with one attached hydrogen (secondary N) is 1. The monoisotopic (exact) mass is 474 g/mol. The summed E-state index contributed by atoms with van der Waals surface area (Å²) in [5.41, 5.74) is 0.530. The van der Waals surface area contributed by atoms with Crippen LogP contribution in [0.5, 0.6) is 0 Å². The van der Waals surface area contributed by atoms with Crippen molar-refractivity contribution in [1.82, 2.24) is 10.2 Å². The number of sulfonamides is 1. The molecule has 1 aromatic heterocycles. The second kappa shape index (κ2) is 8.78. The van der Waals surface area contributed by atoms with Gasteiger partial charge in [-0.05, 0) is 43.2 Å². The predicted octanol–water partition coefficient (Wildman–Crippen LogP) is 4.70. The molecule has 31 heavy (non-hydrogen) atoms. The van der Waals surface area contributed by atoms with Gasteiger partial charge < -0.3 is 0 Å². The highest BCUT2D eigenvalue weighted by molar-refractivity contribution is 7.92. The topological polar surface area (TPSA) is 92.3 Å². The van der Waals surface area contributed by atoms with E-state index in [4.69, 9.17) is 11.6 Å². The Morgan fingerprint density at radius 1 is 1.23 bits per heavy atom. The number of nitrogens with zero attached hydrogens (tertiary/aromatic N) is 3. The number of carbonyl (C=O) groups excluding carboxylic acids is 1. The van der Waals surface area contributed by atoms with Crippen LogP contribution in [0, 0.1) is 0 Å². The molecule has 0 aliphatic heterocycles. The summed E-state index contributed by atoms with van der Waals surface area (Å²) in [6.45, 7) is 3.73. The van der Waals surface area contributed by atoms with Crippen LogP contribution in [0.3, 0.4) is 0 Å². The molecule has 1 fully saturated rings. The van der Waals surface area contributed by atoms with Gasteiger partial charge in [-0.3, -0.25) is 14.4 Å². The lowest BCUT2D eigenvalue weighted by Gasteiger charge is -2.23. The molecule has 0 atom stereocenters. The Morgan fingerprint density at radius 2 is 1.97 bits per heavy atom. The van der Waals surface area contributed by atoms with Crippen LogP contribution in [0.4, 0.5) is 10.8 Å². The maximum Gasteiger partial charge on any atom is 0.264 e. The van der Waals surface area contributed by atoms with Crippen LogP contribution in [-0.2, 0) is 10.0 Å². The number of anilines is 2. The van der Waals surface area contributed by atoms with Gasteiger partial charge in [0, 0.05) is 5.92 Å². The molecule has 0 radical (unpaired) electrons. The second-order valence-electron chi connectivity index (χ2n) is 6.98. The molecule has 10 heteroatoms. The lowest BCUT2D eigenvalue weighted by molar-refractivity contribution is 0.102. The van der Waals surface area contributed by atoms with Gasteiger partial charge in [-0.1, -0.05) is 47.2 Å². The largest absolute Gasteiger partial charge is 0.296 e. The summed E-state index contributed by atoms with van der Waals surface area (Å²) in [4.78, 5) is 12.7. The van der Waals surface area contributed by atoms with Gasteiger partial charge in [0.25, 0.3) is 15.9 Å². The minimum atomic E-state index is -3.96. The molecule has 1 aliphatic carbocycles. The molecule has 0 spiro atoms. The average molecular weight is 475 g/mol. The fraction of sp³-hybridized carbons (Fsp3) is 0.190. The van der Waals surface area contributed by atoms with Gasteiger partial charge in [-0.15, -0.1) is 16.8 Å². The minimum absolute atomic E-state index is 0.0394. The number of hydrogen-bond acceptors (Lipinski definition) is 6. The van der Waals surface area contributed by atoms with Crippen molar-refractivity contribution < 1.29 is 13.2 Å². The summed E-state index contributed by atoms with van der Waals surface area (Å²) in [6, 6.07) is 12.7. The van der Waals surface area contributed by atoms with Crippen molar-refractivity contribution in [2.45, 2.75) is 23.7 Å². The van der Waals surface area contributed by atoms with E-state index in [0.29, 0.717) is 16.7 Å². The third-order valence-corrected chi connectivity index (χ3v) is 7.82. The number of carbonyl (C=O) groups is 1. The molecule has 0 bridgehead atoms. The van der Waals surface area contributed by atoms with E-state index in [9.17, 15) is 13.2 Å². The van der Waals surface area contributed by atoms with Gasteiger partial charge in [-0.25, -0.2) is 8.42 Å². The number of aromatic nitrogens is 2. The van der Waals surface area contributed by atoms with Gasteiger partial charge in [0.05, 0.1) is 27.7 Å². The van der Waals surface area contributed by atoms with Crippen molar-refractivity contribution in [2.24, 2.45) is 0 Å². The smallest absolute Gasteiger partial charge is 0.264 e. The number of benzene rings is 2. The molecular formula is C21H19ClN4O3S2. The molecular weight excluding hydrogens is 456 g/mol. The quantitative estimate of drug-likeness (QED) is 0.477. The van der Waals surface area contributed by atoms with Crippen molar-refractivity contribution in [3.63, 3.8) is 0 Å². The predicted molar refractivity (Wildman–Crippen MR) is 122 cm³/mol. The van der Waals surface area contributed by atoms with E-state index in [0.717, 1.165) is 17.8 Å². The molecule has 160 valence electrons. The molecule has 1 N–H and O–H groups in total. The van der Waals surface area contributed by atoms with Crippen LogP contribution in [0.15, 0.2) is 66.1 Å². The maximum atomic E-state index is 13.3. The molecule has 7 nitrogen and oxygen atoms in total. The Hall–Kier alpha value is -2.75. The van der Waals surface area contributed by atoms with Crippen LogP contribution >= 0.6 is 22.9 Å². The van der Waals surface area contributed by atoms with Gasteiger partial charge in [0.15, 0.2) is 0 Å². The fourth-order valence-corrected chi connectivity index (χ4v) is 5.54. The van der Waals surface area contributed by atoms with E-state index in [1.54, 1.807) is 30.3 Å². The van der Waals surface area contributed by atoms with Crippen LogP contribution in [0.1, 0.15) is 34.1 Å². The zero-order valence-corrected chi connectivity index (χ0v) is 18.8. The van der Waals surface area contributed by atoms with Gasteiger partial charge in [-0.2, -0.15) is 0 Å². The van der Waals surface area contributed by atoms with E-state index < -0.39 is 15.9 Å². The third kappa shape index (κ3) is 4.63. The highest BCUT2D eigenvalue weighted by atomic mass is 35.5. The summed E-state index contributed by atoms with van der Waals surface area (Å²) in [7, 11) is -3.96. The summed E-state index contributed by atoms with van der Waals surface area (Å²) in [5.74, 6) is -0.121. The number of para-hydroxylation sites is 1. The Bertz CT molecular complexity index is 1220. The molecule has 2 aromatic carbocycles. The van der Waals surface area contributed by atoms with Crippen molar-refractivity contribution >= 4 is 49.7 Å². The van der Waals surface area contributed by atoms with Gasteiger partial charge in [0.1, 0.15) is 5.01 Å². The van der Waals surface area contributed by atoms with Crippen molar-refractivity contribution in [3.8, 4) is 0 Å². The zero-order valence-electron chi connectivity index (χ0n) is 16.4. The highest BCUT2D eigenvalue weighted by Crippen LogP contribution is 2.42. The first-order valence-corrected chi connectivity index (χ1v) is 12.2. The average Bonchev–Trinajstić information content (AvgIpc) is 3.51. The standard InChI is InChI=1S/C21H19ClN4O3S2/c1-2-12-26(15-6-4-3-5-7-15)31(28,29)16-10-11-18(22)17(13-16)19(27)23-21-25-24-20(30-21)14-8-9-14/h2-7,10-11,13-14H,1,8-9,12H2,(H,23,25,27). The minimum Gasteiger partial charge on any atom is -0.296 e. The Balaban J connectivity index is 1.63. The Kier molecular flexibility index (Phi) is 6.08. The number of rotatable bonds is 8. The van der Waals surface area contributed by atoms with E-state index in [2.05, 4.69) is 22.1 Å². The van der Waals surface area contributed by atoms with Gasteiger partial charge in [0.2, 0.25) is 5.13 Å². The second-order valence-corrected chi connectivity index (χ2v) is 10.3. The van der Waals surface area contributed by atoms with Crippen LogP contribution in [-0.4, -0.2) is 31.1 Å². The van der Waals surface area contributed by atoms with Crippen LogP contribution < -0.4 is 9.62 Å². The normalized spacial score (nSPS) is 13.6. The molecule has 1 aliphatic rings. The number of amides is 1. The summed E-state index contributed by atoms with van der Waals surface area (Å²) in [6.07, 6.45) is 3.66. The van der Waals surface area contributed by atoms with E-state index in [1.807, 2.05) is 0 Å². The summed E-state index contributed by atoms with van der Waals surface area (Å²) < 4.78 is 27.9. The molecule has 0 saturated heterocycles. The highest BCUT2D eigenvalue weighted by Gasteiger charge is 2.29. The number of halogens is 1. The first-order chi connectivity index (χ1) is 14.9. The summed E-state index contributed by atoms with van der Waals surface area (Å²) >= 11 is 7.53. The van der Waals surface area contributed by atoms with Gasteiger partial charge >= 0.3 is 0 Å². The zero-order chi connectivity index (χ0) is 22.0. The lowest BCUT2D eigenvalue weighted by Crippen LogP contribution is -2.31. The van der Waals surface area contributed by atoms with Crippen LogP contribution in [0.25, 0.3) is 0 Å². The van der Waals surface area contributed by atoms with E-state index in [-0.39, 0.29) is 22.0 Å². The third-order valence-electron chi connectivity index (χ3n) is 4.70. The lowest BCUT2D eigenvalue weighted by atomic mass is 10.2. The SMILES string of the molecule is C=CCN(c1ccccc1)S(=O)(=O)c1ccc(Cl)c(C(=O)Nc2nnc(C3CC3)s2)c1. The molecule has 3 aromatic rings. The molecule has 1 saturated carbocycles. The van der Waals surface area contributed by atoms with Crippen molar-refractivity contribution in [1.29, 1.82) is 0 Å². The molecule has 1 amide bonds. The molecule has 1 heterocycles. The fourth-order valence-electron chi connectivity index (χ4n) is 2.96. The first-order valence-electron chi connectivity index (χ1n) is 9.53. The summed E-state index contributed by atoms with van der Waals surface area (Å²) in [5, 5.41) is 12.1. The molecule has 4 rings (SSSR count). The maximum absolute atomic E-state index is 13.3. The van der Waals surface area contributed by atoms with E-state index >= 15 is 0 Å².